The number of hydrogen-bond acceptors (Lipinski definition) is 1. The van der Waals surface area contributed by atoms with Gasteiger partial charge in [0, 0.05) is 17.6 Å². The lowest BCUT2D eigenvalue weighted by atomic mass is 10.2. The van der Waals surface area contributed by atoms with Crippen LogP contribution in [0.3, 0.4) is 0 Å². The van der Waals surface area contributed by atoms with Gasteiger partial charge < -0.3 is 5.32 Å². The van der Waals surface area contributed by atoms with Crippen molar-refractivity contribution in [2.45, 2.75) is 32.9 Å². The lowest BCUT2D eigenvalue weighted by Gasteiger charge is -2.06. The van der Waals surface area contributed by atoms with Crippen LogP contribution < -0.4 is 5.32 Å². The zero-order valence-corrected chi connectivity index (χ0v) is 9.43. The molecule has 0 spiro atoms. The fraction of sp³-hybridized carbons (Fsp3) is 0.500. The molecule has 1 unspecified atom stereocenters. The second-order valence-corrected chi connectivity index (χ2v) is 5.19. The summed E-state index contributed by atoms with van der Waals surface area (Å²) in [7, 11) is 0. The Morgan fingerprint density at radius 3 is 2.43 bits per heavy atom. The Kier molecular flexibility index (Phi) is 2.54. The van der Waals surface area contributed by atoms with Crippen molar-refractivity contribution < 1.29 is 0 Å². The molecule has 1 aromatic carbocycles. The fourth-order valence-electron chi connectivity index (χ4n) is 1.66. The minimum absolute atomic E-state index is 0.506. The van der Waals surface area contributed by atoms with Gasteiger partial charge in [0.15, 0.2) is 0 Å². The van der Waals surface area contributed by atoms with Crippen LogP contribution in [-0.4, -0.2) is 6.04 Å². The molecule has 0 bridgehead atoms. The third kappa shape index (κ3) is 2.28. The Morgan fingerprint density at radius 1 is 1.36 bits per heavy atom. The second kappa shape index (κ2) is 3.56. The van der Waals surface area contributed by atoms with Crippen molar-refractivity contribution in [3.8, 4) is 0 Å². The normalized spacial score (nSPS) is 23.5. The summed E-state index contributed by atoms with van der Waals surface area (Å²) < 4.78 is 0. The quantitative estimate of drug-likeness (QED) is 0.806. The van der Waals surface area contributed by atoms with Gasteiger partial charge in [0.2, 0.25) is 0 Å². The average molecular weight is 210 g/mol. The largest absolute Gasteiger partial charge is 0.309 e. The minimum atomic E-state index is 0.506. The molecule has 0 aromatic heterocycles. The van der Waals surface area contributed by atoms with Crippen LogP contribution in [-0.2, 0) is 6.54 Å². The third-order valence-corrected chi connectivity index (χ3v) is 3.23. The van der Waals surface area contributed by atoms with Crippen LogP contribution in [0.2, 0.25) is 5.02 Å². The Labute approximate surface area is 90.5 Å². The van der Waals surface area contributed by atoms with Gasteiger partial charge in [-0.1, -0.05) is 37.6 Å². The fourth-order valence-corrected chi connectivity index (χ4v) is 1.78. The van der Waals surface area contributed by atoms with E-state index in [0.717, 1.165) is 11.6 Å². The average Bonchev–Trinajstić information content (AvgIpc) is 2.73. The van der Waals surface area contributed by atoms with E-state index in [0.29, 0.717) is 11.5 Å². The van der Waals surface area contributed by atoms with Crippen molar-refractivity contribution in [1.82, 2.24) is 5.32 Å². The molecule has 0 saturated heterocycles. The van der Waals surface area contributed by atoms with E-state index in [1.165, 1.54) is 12.0 Å². The van der Waals surface area contributed by atoms with Crippen molar-refractivity contribution in [3.63, 3.8) is 0 Å². The summed E-state index contributed by atoms with van der Waals surface area (Å²) in [4.78, 5) is 0. The van der Waals surface area contributed by atoms with Crippen LogP contribution in [0.5, 0.6) is 0 Å². The molecule has 0 amide bonds. The second-order valence-electron chi connectivity index (χ2n) is 4.75. The van der Waals surface area contributed by atoms with E-state index in [-0.39, 0.29) is 0 Å². The molecule has 0 radical (unpaired) electrons. The summed E-state index contributed by atoms with van der Waals surface area (Å²) in [6.07, 6.45) is 1.29. The molecule has 2 rings (SSSR count). The first kappa shape index (κ1) is 10.0. The van der Waals surface area contributed by atoms with Gasteiger partial charge in [-0.3, -0.25) is 0 Å². The SMILES string of the molecule is CC1(C)CC1NCc1ccc(Cl)cc1. The van der Waals surface area contributed by atoms with Crippen molar-refractivity contribution in [3.05, 3.63) is 34.9 Å². The molecule has 1 nitrogen and oxygen atoms in total. The predicted molar refractivity (Wildman–Crippen MR) is 60.5 cm³/mol. The van der Waals surface area contributed by atoms with Crippen molar-refractivity contribution in [2.75, 3.05) is 0 Å². The molecule has 1 aliphatic carbocycles. The molecular formula is C12H16ClN. The summed E-state index contributed by atoms with van der Waals surface area (Å²) in [5.41, 5.74) is 1.81. The van der Waals surface area contributed by atoms with Crippen molar-refractivity contribution in [2.24, 2.45) is 5.41 Å². The van der Waals surface area contributed by atoms with Crippen LogP contribution in [0.15, 0.2) is 24.3 Å². The first-order valence-corrected chi connectivity index (χ1v) is 5.43. The van der Waals surface area contributed by atoms with Gasteiger partial charge in [0.1, 0.15) is 0 Å². The Hall–Kier alpha value is -0.530. The monoisotopic (exact) mass is 209 g/mol. The van der Waals surface area contributed by atoms with Gasteiger partial charge >= 0.3 is 0 Å². The number of benzene rings is 1. The maximum Gasteiger partial charge on any atom is 0.0406 e. The van der Waals surface area contributed by atoms with E-state index in [1.54, 1.807) is 0 Å². The molecule has 14 heavy (non-hydrogen) atoms. The number of halogens is 1. The first-order valence-electron chi connectivity index (χ1n) is 5.06. The highest BCUT2D eigenvalue weighted by Crippen LogP contribution is 2.44. The Balaban J connectivity index is 1.84. The smallest absolute Gasteiger partial charge is 0.0406 e. The molecule has 0 aliphatic heterocycles. The van der Waals surface area contributed by atoms with Crippen molar-refractivity contribution >= 4 is 11.6 Å². The van der Waals surface area contributed by atoms with Crippen LogP contribution in [0.1, 0.15) is 25.8 Å². The number of rotatable bonds is 3. The van der Waals surface area contributed by atoms with E-state index in [2.05, 4.69) is 31.3 Å². The molecule has 2 heteroatoms. The van der Waals surface area contributed by atoms with Gasteiger partial charge in [0.05, 0.1) is 0 Å². The van der Waals surface area contributed by atoms with Gasteiger partial charge in [-0.2, -0.15) is 0 Å². The standard InChI is InChI=1S/C12H16ClN/c1-12(2)7-11(12)14-8-9-3-5-10(13)6-4-9/h3-6,11,14H,7-8H2,1-2H3. The van der Waals surface area contributed by atoms with Gasteiger partial charge in [-0.15, -0.1) is 0 Å². The summed E-state index contributed by atoms with van der Waals surface area (Å²) in [6.45, 7) is 5.55. The van der Waals surface area contributed by atoms with Crippen LogP contribution >= 0.6 is 11.6 Å². The van der Waals surface area contributed by atoms with E-state index in [4.69, 9.17) is 11.6 Å². The topological polar surface area (TPSA) is 12.0 Å². The molecular weight excluding hydrogens is 194 g/mol. The molecule has 76 valence electrons. The van der Waals surface area contributed by atoms with Gasteiger partial charge in [0.25, 0.3) is 0 Å². The first-order chi connectivity index (χ1) is 6.58. The summed E-state index contributed by atoms with van der Waals surface area (Å²) in [6, 6.07) is 8.72. The molecule has 1 N–H and O–H groups in total. The Bertz CT molecular complexity index is 316. The van der Waals surface area contributed by atoms with Gasteiger partial charge in [-0.05, 0) is 29.5 Å². The molecule has 1 atom stereocenters. The van der Waals surface area contributed by atoms with Crippen LogP contribution in [0, 0.1) is 5.41 Å². The zero-order valence-electron chi connectivity index (χ0n) is 8.68. The Morgan fingerprint density at radius 2 is 1.93 bits per heavy atom. The maximum atomic E-state index is 5.81. The predicted octanol–water partition coefficient (Wildman–Crippen LogP) is 3.23. The summed E-state index contributed by atoms with van der Waals surface area (Å²) >= 11 is 5.81. The number of hydrogen-bond donors (Lipinski definition) is 1. The van der Waals surface area contributed by atoms with Crippen LogP contribution in [0.4, 0.5) is 0 Å². The molecule has 1 fully saturated rings. The van der Waals surface area contributed by atoms with Crippen LogP contribution in [0.25, 0.3) is 0 Å². The van der Waals surface area contributed by atoms with E-state index < -0.39 is 0 Å². The molecule has 1 aliphatic rings. The minimum Gasteiger partial charge on any atom is -0.309 e. The van der Waals surface area contributed by atoms with E-state index >= 15 is 0 Å². The highest BCUT2D eigenvalue weighted by Gasteiger charge is 2.44. The highest BCUT2D eigenvalue weighted by atomic mass is 35.5. The number of nitrogens with one attached hydrogen (secondary N) is 1. The van der Waals surface area contributed by atoms with E-state index in [1.807, 2.05) is 12.1 Å². The summed E-state index contributed by atoms with van der Waals surface area (Å²) in [5, 5.41) is 4.35. The van der Waals surface area contributed by atoms with Gasteiger partial charge in [-0.25, -0.2) is 0 Å². The van der Waals surface area contributed by atoms with E-state index in [9.17, 15) is 0 Å². The maximum absolute atomic E-state index is 5.81. The zero-order chi connectivity index (χ0) is 10.2. The lowest BCUT2D eigenvalue weighted by molar-refractivity contribution is 0.542. The van der Waals surface area contributed by atoms with Crippen molar-refractivity contribution in [1.29, 1.82) is 0 Å². The molecule has 1 saturated carbocycles. The molecule has 1 aromatic rings. The highest BCUT2D eigenvalue weighted by molar-refractivity contribution is 6.30. The lowest BCUT2D eigenvalue weighted by Crippen LogP contribution is -2.19. The molecule has 0 heterocycles. The third-order valence-electron chi connectivity index (χ3n) is 2.98. The summed E-state index contributed by atoms with van der Waals surface area (Å²) in [5.74, 6) is 0.